The van der Waals surface area contributed by atoms with Gasteiger partial charge in [-0.15, -0.1) is 0 Å². The SMILES string of the molecule is NC1=CS(=O)(=O)C=C1c1cccc(C(F)(F)F)c1. The number of hydrogen-bond donors (Lipinski definition) is 1. The Bertz CT molecular complexity index is 657. The van der Waals surface area contributed by atoms with Gasteiger partial charge in [0.25, 0.3) is 0 Å². The predicted octanol–water partition coefficient (Wildman–Crippen LogP) is 2.27. The third kappa shape index (κ3) is 2.40. The first-order chi connectivity index (χ1) is 8.19. The zero-order chi connectivity index (χ0) is 13.6. The molecule has 0 aromatic heterocycles. The van der Waals surface area contributed by atoms with Gasteiger partial charge >= 0.3 is 6.18 Å². The summed E-state index contributed by atoms with van der Waals surface area (Å²) in [4.78, 5) is 0. The molecule has 0 aliphatic carbocycles. The first-order valence-corrected chi connectivity index (χ1v) is 6.42. The van der Waals surface area contributed by atoms with Crippen LogP contribution < -0.4 is 5.73 Å². The molecule has 2 rings (SSSR count). The lowest BCUT2D eigenvalue weighted by molar-refractivity contribution is -0.137. The van der Waals surface area contributed by atoms with Gasteiger partial charge in [-0.05, 0) is 17.7 Å². The van der Waals surface area contributed by atoms with Crippen molar-refractivity contribution in [2.45, 2.75) is 6.18 Å². The molecule has 1 aliphatic heterocycles. The third-order valence-corrected chi connectivity index (χ3v) is 3.53. The normalized spacial score (nSPS) is 18.4. The van der Waals surface area contributed by atoms with Crippen LogP contribution in [0.2, 0.25) is 0 Å². The summed E-state index contributed by atoms with van der Waals surface area (Å²) in [6, 6.07) is 4.36. The van der Waals surface area contributed by atoms with Crippen LogP contribution in [-0.2, 0) is 16.0 Å². The highest BCUT2D eigenvalue weighted by molar-refractivity contribution is 7.97. The Labute approximate surface area is 101 Å². The first-order valence-electron chi connectivity index (χ1n) is 4.81. The first kappa shape index (κ1) is 12.7. The summed E-state index contributed by atoms with van der Waals surface area (Å²) in [6.45, 7) is 0. The number of benzene rings is 1. The molecule has 1 aliphatic rings. The molecule has 0 amide bonds. The summed E-state index contributed by atoms with van der Waals surface area (Å²) in [5, 5.41) is 1.68. The molecular weight excluding hydrogens is 267 g/mol. The number of rotatable bonds is 1. The Morgan fingerprint density at radius 1 is 1.11 bits per heavy atom. The molecule has 2 N–H and O–H groups in total. The summed E-state index contributed by atoms with van der Waals surface area (Å²) >= 11 is 0. The van der Waals surface area contributed by atoms with Gasteiger partial charge < -0.3 is 5.73 Å². The smallest absolute Gasteiger partial charge is 0.398 e. The van der Waals surface area contributed by atoms with Crippen molar-refractivity contribution < 1.29 is 21.6 Å². The predicted molar refractivity (Wildman–Crippen MR) is 60.6 cm³/mol. The average Bonchev–Trinajstić information content (AvgIpc) is 2.51. The molecule has 3 nitrogen and oxygen atoms in total. The van der Waals surface area contributed by atoms with E-state index >= 15 is 0 Å². The van der Waals surface area contributed by atoms with Crippen LogP contribution in [0.25, 0.3) is 5.57 Å². The van der Waals surface area contributed by atoms with Gasteiger partial charge in [0.1, 0.15) is 0 Å². The van der Waals surface area contributed by atoms with E-state index in [0.717, 1.165) is 22.9 Å². The maximum absolute atomic E-state index is 12.5. The van der Waals surface area contributed by atoms with Gasteiger partial charge in [-0.1, -0.05) is 12.1 Å². The van der Waals surface area contributed by atoms with Crippen molar-refractivity contribution in [1.29, 1.82) is 0 Å². The largest absolute Gasteiger partial charge is 0.416 e. The lowest BCUT2D eigenvalue weighted by atomic mass is 10.0. The molecule has 96 valence electrons. The van der Waals surface area contributed by atoms with E-state index < -0.39 is 21.6 Å². The van der Waals surface area contributed by atoms with Crippen LogP contribution in [-0.4, -0.2) is 8.42 Å². The minimum Gasteiger partial charge on any atom is -0.398 e. The van der Waals surface area contributed by atoms with Crippen molar-refractivity contribution in [2.75, 3.05) is 0 Å². The second-order valence-electron chi connectivity index (χ2n) is 3.77. The van der Waals surface area contributed by atoms with Gasteiger partial charge in [0, 0.05) is 11.0 Å². The maximum atomic E-state index is 12.5. The molecule has 0 radical (unpaired) electrons. The Morgan fingerprint density at radius 2 is 1.78 bits per heavy atom. The van der Waals surface area contributed by atoms with Crippen molar-refractivity contribution in [3.63, 3.8) is 0 Å². The molecule has 0 saturated heterocycles. The zero-order valence-electron chi connectivity index (χ0n) is 8.90. The number of alkyl halides is 3. The van der Waals surface area contributed by atoms with Gasteiger partial charge in [-0.3, -0.25) is 0 Å². The molecule has 18 heavy (non-hydrogen) atoms. The number of halogens is 3. The van der Waals surface area contributed by atoms with Crippen molar-refractivity contribution in [3.8, 4) is 0 Å². The average molecular weight is 275 g/mol. The zero-order valence-corrected chi connectivity index (χ0v) is 9.72. The minimum atomic E-state index is -4.48. The second kappa shape index (κ2) is 3.88. The maximum Gasteiger partial charge on any atom is 0.416 e. The van der Waals surface area contributed by atoms with Gasteiger partial charge in [0.05, 0.1) is 16.7 Å². The van der Waals surface area contributed by atoms with E-state index in [2.05, 4.69) is 0 Å². The molecule has 1 aromatic carbocycles. The van der Waals surface area contributed by atoms with Crippen molar-refractivity contribution in [1.82, 2.24) is 0 Å². The van der Waals surface area contributed by atoms with E-state index in [9.17, 15) is 21.6 Å². The molecule has 1 aromatic rings. The van der Waals surface area contributed by atoms with Crippen LogP contribution in [0, 0.1) is 0 Å². The van der Waals surface area contributed by atoms with E-state index in [1.54, 1.807) is 0 Å². The summed E-state index contributed by atoms with van der Waals surface area (Å²) in [7, 11) is -3.57. The number of nitrogens with two attached hydrogens (primary N) is 1. The second-order valence-corrected chi connectivity index (χ2v) is 5.42. The molecule has 1 heterocycles. The highest BCUT2D eigenvalue weighted by Gasteiger charge is 2.31. The molecule has 0 spiro atoms. The summed E-state index contributed by atoms with van der Waals surface area (Å²) in [6.07, 6.45) is -4.48. The van der Waals surface area contributed by atoms with Gasteiger partial charge in [0.2, 0.25) is 0 Å². The molecule has 7 heteroatoms. The Hall–Kier alpha value is -1.76. The van der Waals surface area contributed by atoms with Crippen LogP contribution in [0.1, 0.15) is 11.1 Å². The van der Waals surface area contributed by atoms with Crippen molar-refractivity contribution in [3.05, 3.63) is 51.9 Å². The van der Waals surface area contributed by atoms with E-state index in [-0.39, 0.29) is 16.8 Å². The fourth-order valence-corrected chi connectivity index (χ4v) is 2.75. The minimum absolute atomic E-state index is 0.0608. The van der Waals surface area contributed by atoms with Crippen LogP contribution in [0.5, 0.6) is 0 Å². The summed E-state index contributed by atoms with van der Waals surface area (Å²) in [5.41, 5.74) is 4.78. The fraction of sp³-hybridized carbons (Fsp3) is 0.0909. The Morgan fingerprint density at radius 3 is 2.28 bits per heavy atom. The monoisotopic (exact) mass is 275 g/mol. The number of sulfone groups is 1. The lowest BCUT2D eigenvalue weighted by Crippen LogP contribution is -2.06. The quantitative estimate of drug-likeness (QED) is 0.855. The fourth-order valence-electron chi connectivity index (χ4n) is 1.60. The van der Waals surface area contributed by atoms with E-state index in [4.69, 9.17) is 5.73 Å². The highest BCUT2D eigenvalue weighted by atomic mass is 32.2. The molecule has 0 bridgehead atoms. The van der Waals surface area contributed by atoms with E-state index in [1.165, 1.54) is 12.1 Å². The van der Waals surface area contributed by atoms with Crippen molar-refractivity contribution in [2.24, 2.45) is 5.73 Å². The Balaban J connectivity index is 2.53. The molecule has 0 fully saturated rings. The standard InChI is InChI=1S/C11H8F3NO2S/c12-11(13,14)8-3-1-2-7(4-8)9-5-18(16,17)6-10(9)15/h1-6H,15H2. The number of allylic oxidation sites excluding steroid dienone is 1. The van der Waals surface area contributed by atoms with E-state index in [0.29, 0.717) is 0 Å². The lowest BCUT2D eigenvalue weighted by Gasteiger charge is -2.09. The highest BCUT2D eigenvalue weighted by Crippen LogP contribution is 2.33. The van der Waals surface area contributed by atoms with Crippen LogP contribution in [0.15, 0.2) is 40.8 Å². The van der Waals surface area contributed by atoms with Gasteiger partial charge in [0.15, 0.2) is 9.84 Å². The van der Waals surface area contributed by atoms with Crippen molar-refractivity contribution >= 4 is 15.4 Å². The molecular formula is C11H8F3NO2S. The van der Waals surface area contributed by atoms with Crippen LogP contribution in [0.4, 0.5) is 13.2 Å². The molecule has 0 saturated carbocycles. The Kier molecular flexibility index (Phi) is 2.73. The molecule has 0 atom stereocenters. The van der Waals surface area contributed by atoms with Crippen LogP contribution in [0.3, 0.4) is 0 Å². The van der Waals surface area contributed by atoms with E-state index in [1.807, 2.05) is 0 Å². The topological polar surface area (TPSA) is 60.2 Å². The summed E-state index contributed by atoms with van der Waals surface area (Å²) < 4.78 is 60.1. The third-order valence-electron chi connectivity index (χ3n) is 2.39. The molecule has 0 unspecified atom stereocenters. The van der Waals surface area contributed by atoms with Gasteiger partial charge in [-0.2, -0.15) is 13.2 Å². The number of hydrogen-bond acceptors (Lipinski definition) is 3. The van der Waals surface area contributed by atoms with Gasteiger partial charge in [-0.25, -0.2) is 8.42 Å². The van der Waals surface area contributed by atoms with Crippen LogP contribution >= 0.6 is 0 Å². The summed E-state index contributed by atoms with van der Waals surface area (Å²) in [5.74, 6) is 0.